The molecule has 0 saturated carbocycles. The first-order valence-electron chi connectivity index (χ1n) is 10.5. The highest BCUT2D eigenvalue weighted by Crippen LogP contribution is 2.23. The van der Waals surface area contributed by atoms with Gasteiger partial charge in [-0.05, 0) is 43.7 Å². The van der Waals surface area contributed by atoms with E-state index < -0.39 is 6.04 Å². The van der Waals surface area contributed by atoms with Crippen molar-refractivity contribution < 1.29 is 4.79 Å². The fourth-order valence-corrected chi connectivity index (χ4v) is 3.68. The third kappa shape index (κ3) is 4.21. The van der Waals surface area contributed by atoms with E-state index in [1.807, 2.05) is 106 Å². The molecule has 1 amide bonds. The van der Waals surface area contributed by atoms with Crippen molar-refractivity contribution >= 4 is 17.3 Å². The molecule has 0 spiro atoms. The second-order valence-corrected chi connectivity index (χ2v) is 7.78. The minimum atomic E-state index is -0.740. The molecule has 0 aliphatic heterocycles. The molecule has 1 aromatic heterocycles. The average molecular weight is 427 g/mol. The van der Waals surface area contributed by atoms with E-state index in [-0.39, 0.29) is 11.5 Å². The summed E-state index contributed by atoms with van der Waals surface area (Å²) in [5.74, 6) is -0.242. The number of carbonyl (C=O) groups is 1. The van der Waals surface area contributed by atoms with Crippen LogP contribution in [0.1, 0.15) is 22.9 Å². The molecule has 0 aliphatic rings. The maximum atomic E-state index is 13.3. The molecule has 0 fully saturated rings. The first kappa shape index (κ1) is 21.2. The van der Waals surface area contributed by atoms with Crippen LogP contribution in [0.2, 0.25) is 0 Å². The average Bonchev–Trinajstić information content (AvgIpc) is 3.02. The van der Waals surface area contributed by atoms with Crippen molar-refractivity contribution in [3.63, 3.8) is 0 Å². The number of amides is 1. The Morgan fingerprint density at radius 2 is 1.44 bits per heavy atom. The Morgan fingerprint density at radius 1 is 0.844 bits per heavy atom. The van der Waals surface area contributed by atoms with Crippen LogP contribution in [0.4, 0.5) is 11.4 Å². The number of para-hydroxylation sites is 1. The van der Waals surface area contributed by atoms with Crippen molar-refractivity contribution in [3.05, 3.63) is 112 Å². The number of carbonyl (C=O) groups excluding carboxylic acids is 1. The Balaban J connectivity index is 1.71. The number of aromatic nitrogens is 2. The molecule has 3 aromatic carbocycles. The number of hydrogen-bond acceptors (Lipinski definition) is 3. The minimum absolute atomic E-state index is 0.208. The molecule has 0 saturated heterocycles. The van der Waals surface area contributed by atoms with Crippen LogP contribution in [0.15, 0.2) is 89.7 Å². The third-order valence-corrected chi connectivity index (χ3v) is 5.56. The summed E-state index contributed by atoms with van der Waals surface area (Å²) < 4.78 is 3.39. The van der Waals surface area contributed by atoms with Gasteiger partial charge >= 0.3 is 0 Å². The predicted molar refractivity (Wildman–Crippen MR) is 128 cm³/mol. The molecule has 6 nitrogen and oxygen atoms in total. The maximum Gasteiger partial charge on any atom is 0.295 e. The molecule has 4 aromatic rings. The van der Waals surface area contributed by atoms with Gasteiger partial charge in [0.1, 0.15) is 11.7 Å². The molecular weight excluding hydrogens is 400 g/mol. The maximum absolute atomic E-state index is 13.3. The monoisotopic (exact) mass is 426 g/mol. The molecular formula is C26H26N4O2. The Labute approximate surface area is 187 Å². The first-order chi connectivity index (χ1) is 15.5. The van der Waals surface area contributed by atoms with E-state index in [2.05, 4.69) is 10.6 Å². The van der Waals surface area contributed by atoms with Crippen LogP contribution in [0, 0.1) is 13.8 Å². The topological polar surface area (TPSA) is 68.1 Å². The zero-order chi connectivity index (χ0) is 22.7. The molecule has 0 bridgehead atoms. The lowest BCUT2D eigenvalue weighted by atomic mass is 10.1. The quantitative estimate of drug-likeness (QED) is 0.474. The Bertz CT molecular complexity index is 1270. The van der Waals surface area contributed by atoms with E-state index in [1.165, 1.54) is 0 Å². The summed E-state index contributed by atoms with van der Waals surface area (Å²) in [6, 6.07) is 25.7. The lowest BCUT2D eigenvalue weighted by molar-refractivity contribution is -0.117. The molecule has 0 aliphatic carbocycles. The van der Waals surface area contributed by atoms with Gasteiger partial charge in [0.2, 0.25) is 0 Å². The summed E-state index contributed by atoms with van der Waals surface area (Å²) in [6.07, 6.45) is 0. The normalized spacial score (nSPS) is 11.7. The summed E-state index contributed by atoms with van der Waals surface area (Å²) in [4.78, 5) is 26.6. The first-order valence-corrected chi connectivity index (χ1v) is 10.5. The summed E-state index contributed by atoms with van der Waals surface area (Å²) in [6.45, 7) is 3.86. The summed E-state index contributed by atoms with van der Waals surface area (Å²) in [5.41, 5.74) is 4.27. The van der Waals surface area contributed by atoms with Gasteiger partial charge in [0.15, 0.2) is 0 Å². The largest absolute Gasteiger partial charge is 0.364 e. The lowest BCUT2D eigenvalue weighted by Gasteiger charge is -2.19. The number of rotatable bonds is 6. The van der Waals surface area contributed by atoms with Gasteiger partial charge in [-0.15, -0.1) is 0 Å². The van der Waals surface area contributed by atoms with Crippen molar-refractivity contribution in [3.8, 4) is 5.69 Å². The lowest BCUT2D eigenvalue weighted by Crippen LogP contribution is -2.29. The van der Waals surface area contributed by atoms with Gasteiger partial charge < -0.3 is 10.6 Å². The summed E-state index contributed by atoms with van der Waals surface area (Å²) >= 11 is 0. The van der Waals surface area contributed by atoms with Gasteiger partial charge in [-0.25, -0.2) is 4.68 Å². The number of aryl methyl sites for hydroxylation is 1. The minimum Gasteiger partial charge on any atom is -0.364 e. The van der Waals surface area contributed by atoms with Gasteiger partial charge in [-0.3, -0.25) is 14.3 Å². The van der Waals surface area contributed by atoms with Crippen LogP contribution in [-0.4, -0.2) is 15.3 Å². The molecule has 1 heterocycles. The molecule has 2 N–H and O–H groups in total. The van der Waals surface area contributed by atoms with Gasteiger partial charge in [0, 0.05) is 12.7 Å². The summed E-state index contributed by atoms with van der Waals surface area (Å²) in [7, 11) is 1.83. The van der Waals surface area contributed by atoms with E-state index in [0.29, 0.717) is 11.4 Å². The second-order valence-electron chi connectivity index (χ2n) is 7.78. The number of benzene rings is 3. The molecule has 4 rings (SSSR count). The molecule has 1 atom stereocenters. The highest BCUT2D eigenvalue weighted by Gasteiger charge is 2.25. The van der Waals surface area contributed by atoms with Gasteiger partial charge in [0.25, 0.3) is 11.5 Å². The fraction of sp³-hybridized carbons (Fsp3) is 0.154. The van der Waals surface area contributed by atoms with Gasteiger partial charge in [-0.1, -0.05) is 66.2 Å². The van der Waals surface area contributed by atoms with Crippen molar-refractivity contribution in [2.75, 3.05) is 10.6 Å². The zero-order valence-corrected chi connectivity index (χ0v) is 18.4. The van der Waals surface area contributed by atoms with Crippen molar-refractivity contribution in [2.24, 2.45) is 7.05 Å². The van der Waals surface area contributed by atoms with Crippen LogP contribution in [0.5, 0.6) is 0 Å². The predicted octanol–water partition coefficient (Wildman–Crippen LogP) is 4.58. The smallest absolute Gasteiger partial charge is 0.295 e. The number of hydrogen-bond donors (Lipinski definition) is 2. The molecule has 32 heavy (non-hydrogen) atoms. The number of nitrogens with one attached hydrogen (secondary N) is 2. The van der Waals surface area contributed by atoms with Crippen molar-refractivity contribution in [2.45, 2.75) is 19.9 Å². The van der Waals surface area contributed by atoms with Crippen molar-refractivity contribution in [1.29, 1.82) is 0 Å². The van der Waals surface area contributed by atoms with Crippen LogP contribution in [-0.2, 0) is 11.8 Å². The SMILES string of the molecule is Cc1ccc(NC(=O)[C@@H](Nc2c(C)n(C)n(-c3ccccc3)c2=O)c2ccccc2)cc1. The highest BCUT2D eigenvalue weighted by atomic mass is 16.2. The standard InChI is InChI=1S/C26H26N4O2/c1-18-14-16-21(17-15-18)27-25(31)24(20-10-6-4-7-11-20)28-23-19(2)29(3)30(26(23)32)22-12-8-5-9-13-22/h4-17,24,28H,1-3H3,(H,27,31)/t24-/m0/s1. The third-order valence-electron chi connectivity index (χ3n) is 5.56. The molecule has 6 heteroatoms. The van der Waals surface area contributed by atoms with E-state index in [4.69, 9.17) is 0 Å². The number of nitrogens with zero attached hydrogens (tertiary/aromatic N) is 2. The fourth-order valence-electron chi connectivity index (χ4n) is 3.68. The van der Waals surface area contributed by atoms with E-state index in [1.54, 1.807) is 9.36 Å². The molecule has 0 radical (unpaired) electrons. The zero-order valence-electron chi connectivity index (χ0n) is 18.4. The molecule has 162 valence electrons. The van der Waals surface area contributed by atoms with Crippen molar-refractivity contribution in [1.82, 2.24) is 9.36 Å². The highest BCUT2D eigenvalue weighted by molar-refractivity contribution is 5.97. The second kappa shape index (κ2) is 8.98. The van der Waals surface area contributed by atoms with Gasteiger partial charge in [-0.2, -0.15) is 0 Å². The van der Waals surface area contributed by atoms with Gasteiger partial charge in [0.05, 0.1) is 11.4 Å². The summed E-state index contributed by atoms with van der Waals surface area (Å²) in [5, 5.41) is 6.19. The van der Waals surface area contributed by atoms with E-state index >= 15 is 0 Å². The van der Waals surface area contributed by atoms with Crippen LogP contribution >= 0.6 is 0 Å². The Morgan fingerprint density at radius 3 is 2.06 bits per heavy atom. The van der Waals surface area contributed by atoms with Crippen LogP contribution in [0.25, 0.3) is 5.69 Å². The van der Waals surface area contributed by atoms with E-state index in [0.717, 1.165) is 22.5 Å². The van der Waals surface area contributed by atoms with Crippen LogP contribution in [0.3, 0.4) is 0 Å². The Kier molecular flexibility index (Phi) is 5.94. The molecule has 0 unspecified atom stereocenters. The Hall–Kier alpha value is -4.06. The van der Waals surface area contributed by atoms with Crippen LogP contribution < -0.4 is 16.2 Å². The number of anilines is 2. The van der Waals surface area contributed by atoms with E-state index in [9.17, 15) is 9.59 Å².